The van der Waals surface area contributed by atoms with E-state index in [2.05, 4.69) is 23.6 Å². The lowest BCUT2D eigenvalue weighted by Crippen LogP contribution is -2.55. The Labute approximate surface area is 105 Å². The van der Waals surface area contributed by atoms with Crippen LogP contribution in [0.1, 0.15) is 26.7 Å². The maximum atomic E-state index is 5.94. The molecule has 2 aliphatic heterocycles. The van der Waals surface area contributed by atoms with Gasteiger partial charge >= 0.3 is 0 Å². The Balaban J connectivity index is 1.78. The number of nitrogens with two attached hydrogens (primary N) is 1. The molecule has 2 N–H and O–H groups in total. The van der Waals surface area contributed by atoms with E-state index in [9.17, 15) is 0 Å². The highest BCUT2D eigenvalue weighted by Gasteiger charge is 2.32. The van der Waals surface area contributed by atoms with Gasteiger partial charge in [-0.3, -0.25) is 4.90 Å². The zero-order chi connectivity index (χ0) is 12.3. The Morgan fingerprint density at radius 2 is 1.82 bits per heavy atom. The van der Waals surface area contributed by atoms with Gasteiger partial charge in [0, 0.05) is 32.7 Å². The van der Waals surface area contributed by atoms with Gasteiger partial charge in [0.15, 0.2) is 0 Å². The van der Waals surface area contributed by atoms with Gasteiger partial charge in [0.1, 0.15) is 0 Å². The van der Waals surface area contributed by atoms with E-state index >= 15 is 0 Å². The molecule has 2 aliphatic rings. The van der Waals surface area contributed by atoms with E-state index in [0.29, 0.717) is 6.54 Å². The molecule has 4 nitrogen and oxygen atoms in total. The summed E-state index contributed by atoms with van der Waals surface area (Å²) < 4.78 is 5.94. The monoisotopic (exact) mass is 241 g/mol. The van der Waals surface area contributed by atoms with Crippen LogP contribution >= 0.6 is 0 Å². The Kier molecular flexibility index (Phi) is 4.42. The Bertz CT molecular complexity index is 239. The Hall–Kier alpha value is -0.160. The molecule has 2 fully saturated rings. The van der Waals surface area contributed by atoms with Gasteiger partial charge in [-0.25, -0.2) is 0 Å². The molecule has 2 rings (SSSR count). The number of ether oxygens (including phenoxy) is 1. The Morgan fingerprint density at radius 3 is 2.47 bits per heavy atom. The molecule has 2 heterocycles. The van der Waals surface area contributed by atoms with Crippen LogP contribution in [0.5, 0.6) is 0 Å². The largest absolute Gasteiger partial charge is 0.368 e. The maximum absolute atomic E-state index is 5.94. The molecule has 0 aliphatic carbocycles. The van der Waals surface area contributed by atoms with Crippen molar-refractivity contribution in [1.82, 2.24) is 9.80 Å². The molecule has 0 spiro atoms. The molecule has 0 amide bonds. The summed E-state index contributed by atoms with van der Waals surface area (Å²) in [4.78, 5) is 5.08. The molecule has 100 valence electrons. The second kappa shape index (κ2) is 5.65. The summed E-state index contributed by atoms with van der Waals surface area (Å²) in [6, 6.07) is 0. The molecule has 1 unspecified atom stereocenters. The van der Waals surface area contributed by atoms with Crippen molar-refractivity contribution in [2.24, 2.45) is 5.73 Å². The number of nitrogens with zero attached hydrogens (tertiary/aromatic N) is 2. The van der Waals surface area contributed by atoms with E-state index in [1.54, 1.807) is 0 Å². The summed E-state index contributed by atoms with van der Waals surface area (Å²) in [7, 11) is 0. The lowest BCUT2D eigenvalue weighted by Gasteiger charge is -2.43. The topological polar surface area (TPSA) is 41.7 Å². The highest BCUT2D eigenvalue weighted by molar-refractivity contribution is 4.85. The molecule has 0 aromatic heterocycles. The van der Waals surface area contributed by atoms with Crippen molar-refractivity contribution in [1.29, 1.82) is 0 Å². The van der Waals surface area contributed by atoms with Crippen molar-refractivity contribution < 1.29 is 4.74 Å². The van der Waals surface area contributed by atoms with Crippen molar-refractivity contribution in [3.05, 3.63) is 0 Å². The third kappa shape index (κ3) is 3.91. The lowest BCUT2D eigenvalue weighted by atomic mass is 10.1. The summed E-state index contributed by atoms with van der Waals surface area (Å²) in [6.07, 6.45) is 2.96. The zero-order valence-corrected chi connectivity index (χ0v) is 11.3. The van der Waals surface area contributed by atoms with Gasteiger partial charge in [-0.1, -0.05) is 0 Å². The molecule has 0 aromatic rings. The van der Waals surface area contributed by atoms with E-state index in [1.807, 2.05) is 0 Å². The van der Waals surface area contributed by atoms with E-state index in [0.717, 1.165) is 19.6 Å². The van der Waals surface area contributed by atoms with Gasteiger partial charge in [-0.05, 0) is 39.8 Å². The van der Waals surface area contributed by atoms with Crippen LogP contribution in [0.25, 0.3) is 0 Å². The zero-order valence-electron chi connectivity index (χ0n) is 11.3. The standard InChI is InChI=1S/C13H27N3O/c1-13(2)11-16(10-12(9-14)17-13)8-7-15-5-3-4-6-15/h12H,3-11,14H2,1-2H3. The van der Waals surface area contributed by atoms with Crippen LogP contribution in [0.15, 0.2) is 0 Å². The van der Waals surface area contributed by atoms with Crippen LogP contribution in [-0.2, 0) is 4.74 Å². The van der Waals surface area contributed by atoms with Crippen LogP contribution in [0.3, 0.4) is 0 Å². The number of hydrogen-bond donors (Lipinski definition) is 1. The van der Waals surface area contributed by atoms with Crippen LogP contribution in [0.4, 0.5) is 0 Å². The fourth-order valence-electron chi connectivity index (χ4n) is 3.00. The molecule has 0 bridgehead atoms. The normalized spacial score (nSPS) is 30.9. The average molecular weight is 241 g/mol. The van der Waals surface area contributed by atoms with Gasteiger partial charge in [0.25, 0.3) is 0 Å². The molecular formula is C13H27N3O. The number of rotatable bonds is 4. The summed E-state index contributed by atoms with van der Waals surface area (Å²) in [5.41, 5.74) is 5.69. The number of likely N-dealkylation sites (tertiary alicyclic amines) is 1. The minimum atomic E-state index is -0.0483. The van der Waals surface area contributed by atoms with E-state index in [-0.39, 0.29) is 11.7 Å². The van der Waals surface area contributed by atoms with Crippen molar-refractivity contribution in [3.8, 4) is 0 Å². The number of morpholine rings is 1. The first-order valence-corrected chi connectivity index (χ1v) is 6.92. The van der Waals surface area contributed by atoms with E-state index in [4.69, 9.17) is 10.5 Å². The molecular weight excluding hydrogens is 214 g/mol. The molecule has 17 heavy (non-hydrogen) atoms. The van der Waals surface area contributed by atoms with Crippen LogP contribution < -0.4 is 5.73 Å². The van der Waals surface area contributed by atoms with Crippen LogP contribution in [0, 0.1) is 0 Å². The molecule has 1 atom stereocenters. The second-order valence-electron chi connectivity index (χ2n) is 6.02. The SMILES string of the molecule is CC1(C)CN(CCN2CCCC2)CC(CN)O1. The summed E-state index contributed by atoms with van der Waals surface area (Å²) in [5.74, 6) is 0. The predicted molar refractivity (Wildman–Crippen MR) is 70.1 cm³/mol. The first-order chi connectivity index (χ1) is 8.09. The van der Waals surface area contributed by atoms with Crippen molar-refractivity contribution in [2.75, 3.05) is 45.8 Å². The highest BCUT2D eigenvalue weighted by atomic mass is 16.5. The second-order valence-corrected chi connectivity index (χ2v) is 6.02. The molecule has 0 aromatic carbocycles. The minimum Gasteiger partial charge on any atom is -0.368 e. The molecule has 2 saturated heterocycles. The third-order valence-electron chi connectivity index (χ3n) is 3.75. The van der Waals surface area contributed by atoms with E-state index in [1.165, 1.54) is 32.5 Å². The van der Waals surface area contributed by atoms with Gasteiger partial charge in [0.05, 0.1) is 11.7 Å². The summed E-state index contributed by atoms with van der Waals surface area (Å²) >= 11 is 0. The predicted octanol–water partition coefficient (Wildman–Crippen LogP) is 0.520. The van der Waals surface area contributed by atoms with Crippen molar-refractivity contribution >= 4 is 0 Å². The first-order valence-electron chi connectivity index (χ1n) is 6.92. The lowest BCUT2D eigenvalue weighted by molar-refractivity contribution is -0.132. The fraction of sp³-hybridized carbons (Fsp3) is 1.00. The van der Waals surface area contributed by atoms with Crippen LogP contribution in [0.2, 0.25) is 0 Å². The highest BCUT2D eigenvalue weighted by Crippen LogP contribution is 2.20. The van der Waals surface area contributed by atoms with E-state index < -0.39 is 0 Å². The maximum Gasteiger partial charge on any atom is 0.0831 e. The first kappa shape index (κ1) is 13.3. The quantitative estimate of drug-likeness (QED) is 0.779. The molecule has 0 radical (unpaired) electrons. The van der Waals surface area contributed by atoms with Gasteiger partial charge in [-0.15, -0.1) is 0 Å². The van der Waals surface area contributed by atoms with Gasteiger partial charge in [-0.2, -0.15) is 0 Å². The summed E-state index contributed by atoms with van der Waals surface area (Å²) in [6.45, 7) is 11.9. The van der Waals surface area contributed by atoms with Crippen LogP contribution in [-0.4, -0.2) is 67.3 Å². The Morgan fingerprint density at radius 1 is 1.18 bits per heavy atom. The van der Waals surface area contributed by atoms with Gasteiger partial charge in [0.2, 0.25) is 0 Å². The molecule has 0 saturated carbocycles. The minimum absolute atomic E-state index is 0.0483. The number of hydrogen-bond acceptors (Lipinski definition) is 4. The van der Waals surface area contributed by atoms with Gasteiger partial charge < -0.3 is 15.4 Å². The summed E-state index contributed by atoms with van der Waals surface area (Å²) in [5, 5.41) is 0. The molecule has 4 heteroatoms. The smallest absolute Gasteiger partial charge is 0.0831 e. The third-order valence-corrected chi connectivity index (χ3v) is 3.75. The van der Waals surface area contributed by atoms with Crippen molar-refractivity contribution in [2.45, 2.75) is 38.4 Å². The average Bonchev–Trinajstić information content (AvgIpc) is 2.77. The van der Waals surface area contributed by atoms with Crippen molar-refractivity contribution in [3.63, 3.8) is 0 Å². The fourth-order valence-corrected chi connectivity index (χ4v) is 3.00.